The largest absolute Gasteiger partial charge is 0.424 e. The molecule has 6 nitrogen and oxygen atoms in total. The number of nitrogens with zero attached hydrogens (tertiary/aromatic N) is 2. The number of aliphatic hydroxyl groups is 2. The van der Waals surface area contributed by atoms with Crippen LogP contribution in [0.25, 0.3) is 0 Å². The summed E-state index contributed by atoms with van der Waals surface area (Å²) in [6.07, 6.45) is 0. The highest BCUT2D eigenvalue weighted by Gasteiger charge is 2.07. The van der Waals surface area contributed by atoms with Crippen molar-refractivity contribution in [1.82, 2.24) is 15.5 Å². The van der Waals surface area contributed by atoms with E-state index in [1.807, 2.05) is 0 Å². The van der Waals surface area contributed by atoms with Gasteiger partial charge in [0.15, 0.2) is 0 Å². The van der Waals surface area contributed by atoms with Crippen LogP contribution in [0, 0.1) is 6.92 Å². The molecule has 74 valence electrons. The fourth-order valence-electron chi connectivity index (χ4n) is 0.827. The number of nitrogens with one attached hydrogen (secondary N) is 1. The monoisotopic (exact) mass is 187 g/mol. The van der Waals surface area contributed by atoms with Gasteiger partial charge in [0.05, 0.1) is 25.8 Å². The van der Waals surface area contributed by atoms with Crippen molar-refractivity contribution in [1.29, 1.82) is 0 Å². The molecule has 0 aromatic carbocycles. The second kappa shape index (κ2) is 4.90. The molecule has 1 aromatic heterocycles. The zero-order valence-electron chi connectivity index (χ0n) is 7.40. The van der Waals surface area contributed by atoms with Gasteiger partial charge in [0.2, 0.25) is 11.8 Å². The lowest BCUT2D eigenvalue weighted by molar-refractivity contribution is 0.168. The molecule has 0 unspecified atom stereocenters. The molecule has 1 heterocycles. The topological polar surface area (TPSA) is 91.4 Å². The highest BCUT2D eigenvalue weighted by Crippen LogP contribution is 1.97. The van der Waals surface area contributed by atoms with Crippen LogP contribution in [0.2, 0.25) is 0 Å². The molecule has 0 amide bonds. The summed E-state index contributed by atoms with van der Waals surface area (Å²) >= 11 is 0. The van der Waals surface area contributed by atoms with Crippen LogP contribution in [0.5, 0.6) is 0 Å². The van der Waals surface area contributed by atoms with Crippen molar-refractivity contribution < 1.29 is 14.6 Å². The zero-order valence-corrected chi connectivity index (χ0v) is 7.40. The van der Waals surface area contributed by atoms with Crippen LogP contribution in [0.3, 0.4) is 0 Å². The molecule has 0 saturated carbocycles. The molecule has 6 heteroatoms. The van der Waals surface area contributed by atoms with Crippen molar-refractivity contribution in [3.8, 4) is 0 Å². The predicted molar refractivity (Wildman–Crippen MR) is 43.8 cm³/mol. The van der Waals surface area contributed by atoms with E-state index in [4.69, 9.17) is 14.6 Å². The first-order valence-electron chi connectivity index (χ1n) is 4.00. The minimum Gasteiger partial charge on any atom is -0.424 e. The smallest absolute Gasteiger partial charge is 0.230 e. The molecule has 0 saturated heterocycles. The van der Waals surface area contributed by atoms with Gasteiger partial charge in [-0.15, -0.1) is 10.2 Å². The fraction of sp³-hybridized carbons (Fsp3) is 0.714. The molecule has 0 aliphatic heterocycles. The Morgan fingerprint density at radius 2 is 2.08 bits per heavy atom. The van der Waals surface area contributed by atoms with E-state index in [1.165, 1.54) is 0 Å². The minimum atomic E-state index is -0.341. The first-order chi connectivity index (χ1) is 6.26. The molecule has 0 spiro atoms. The molecule has 0 fully saturated rings. The van der Waals surface area contributed by atoms with E-state index in [0.29, 0.717) is 18.3 Å². The summed E-state index contributed by atoms with van der Waals surface area (Å²) in [7, 11) is 0. The van der Waals surface area contributed by atoms with Crippen molar-refractivity contribution in [2.75, 3.05) is 13.2 Å². The van der Waals surface area contributed by atoms with E-state index in [-0.39, 0.29) is 19.3 Å². The van der Waals surface area contributed by atoms with Crippen LogP contribution < -0.4 is 5.32 Å². The van der Waals surface area contributed by atoms with Gasteiger partial charge in [-0.25, -0.2) is 0 Å². The molecule has 0 aliphatic carbocycles. The number of aryl methyl sites for hydroxylation is 1. The number of aromatic nitrogens is 2. The van der Waals surface area contributed by atoms with Crippen LogP contribution in [-0.4, -0.2) is 39.7 Å². The number of hydrogen-bond donors (Lipinski definition) is 3. The van der Waals surface area contributed by atoms with Crippen molar-refractivity contribution in [3.63, 3.8) is 0 Å². The first kappa shape index (κ1) is 10.1. The Balaban J connectivity index is 2.33. The van der Waals surface area contributed by atoms with E-state index in [2.05, 4.69) is 15.5 Å². The average Bonchev–Trinajstić information content (AvgIpc) is 2.53. The summed E-state index contributed by atoms with van der Waals surface area (Å²) < 4.78 is 5.07. The standard InChI is InChI=1S/C7H13N3O3/c1-5-9-10-7(13-5)2-8-6(3-11)4-12/h6,8,11-12H,2-4H2,1H3. The highest BCUT2D eigenvalue weighted by atomic mass is 16.4. The van der Waals surface area contributed by atoms with E-state index in [1.54, 1.807) is 6.92 Å². The number of rotatable bonds is 5. The van der Waals surface area contributed by atoms with Crippen LogP contribution in [0.15, 0.2) is 4.42 Å². The maximum Gasteiger partial charge on any atom is 0.230 e. The van der Waals surface area contributed by atoms with Gasteiger partial charge in [-0.3, -0.25) is 0 Å². The van der Waals surface area contributed by atoms with Gasteiger partial charge in [-0.2, -0.15) is 0 Å². The predicted octanol–water partition coefficient (Wildman–Crippen LogP) is -1.18. The van der Waals surface area contributed by atoms with Gasteiger partial charge in [-0.05, 0) is 0 Å². The van der Waals surface area contributed by atoms with Crippen LogP contribution >= 0.6 is 0 Å². The lowest BCUT2D eigenvalue weighted by atomic mass is 10.3. The van der Waals surface area contributed by atoms with Gasteiger partial charge < -0.3 is 19.9 Å². The first-order valence-corrected chi connectivity index (χ1v) is 4.00. The lowest BCUT2D eigenvalue weighted by Gasteiger charge is -2.10. The molecule has 1 aromatic rings. The Kier molecular flexibility index (Phi) is 3.81. The highest BCUT2D eigenvalue weighted by molar-refractivity contribution is 4.79. The molecule has 0 atom stereocenters. The van der Waals surface area contributed by atoms with Crippen molar-refractivity contribution in [2.45, 2.75) is 19.5 Å². The van der Waals surface area contributed by atoms with Crippen molar-refractivity contribution in [2.24, 2.45) is 0 Å². The minimum absolute atomic E-state index is 0.121. The SMILES string of the molecule is Cc1nnc(CNC(CO)CO)o1. The van der Waals surface area contributed by atoms with Crippen molar-refractivity contribution in [3.05, 3.63) is 11.8 Å². The summed E-state index contributed by atoms with van der Waals surface area (Å²) in [6.45, 7) is 1.81. The fourth-order valence-corrected chi connectivity index (χ4v) is 0.827. The van der Waals surface area contributed by atoms with Crippen LogP contribution in [0.1, 0.15) is 11.8 Å². The number of aliphatic hydroxyl groups excluding tert-OH is 2. The summed E-state index contributed by atoms with van der Waals surface area (Å²) in [5, 5.41) is 27.7. The van der Waals surface area contributed by atoms with Crippen molar-refractivity contribution >= 4 is 0 Å². The molecular weight excluding hydrogens is 174 g/mol. The number of hydrogen-bond acceptors (Lipinski definition) is 6. The van der Waals surface area contributed by atoms with Gasteiger partial charge in [0.1, 0.15) is 0 Å². The Hall–Kier alpha value is -0.980. The molecular formula is C7H13N3O3. The van der Waals surface area contributed by atoms with Gasteiger partial charge in [0.25, 0.3) is 0 Å². The normalized spacial score (nSPS) is 11.1. The quantitative estimate of drug-likeness (QED) is 0.537. The van der Waals surface area contributed by atoms with E-state index < -0.39 is 0 Å². The summed E-state index contributed by atoms with van der Waals surface area (Å²) in [5.41, 5.74) is 0. The molecule has 0 aliphatic rings. The Morgan fingerprint density at radius 3 is 2.54 bits per heavy atom. The Bertz CT molecular complexity index is 247. The Labute approximate surface area is 75.6 Å². The zero-order chi connectivity index (χ0) is 9.68. The average molecular weight is 187 g/mol. The second-order valence-corrected chi connectivity index (χ2v) is 2.66. The van der Waals surface area contributed by atoms with E-state index >= 15 is 0 Å². The van der Waals surface area contributed by atoms with Gasteiger partial charge in [0, 0.05) is 6.92 Å². The second-order valence-electron chi connectivity index (χ2n) is 2.66. The Morgan fingerprint density at radius 1 is 1.38 bits per heavy atom. The lowest BCUT2D eigenvalue weighted by Crippen LogP contribution is -2.35. The summed E-state index contributed by atoms with van der Waals surface area (Å²) in [6, 6.07) is -0.341. The third-order valence-corrected chi connectivity index (χ3v) is 1.55. The molecule has 0 radical (unpaired) electrons. The van der Waals surface area contributed by atoms with Crippen LogP contribution in [-0.2, 0) is 6.54 Å². The maximum atomic E-state index is 8.72. The van der Waals surface area contributed by atoms with Gasteiger partial charge in [-0.1, -0.05) is 0 Å². The van der Waals surface area contributed by atoms with Crippen LogP contribution in [0.4, 0.5) is 0 Å². The summed E-state index contributed by atoms with van der Waals surface area (Å²) in [5.74, 6) is 0.950. The van der Waals surface area contributed by atoms with E-state index in [0.717, 1.165) is 0 Å². The molecule has 13 heavy (non-hydrogen) atoms. The molecule has 3 N–H and O–H groups in total. The third-order valence-electron chi connectivity index (χ3n) is 1.55. The van der Waals surface area contributed by atoms with Gasteiger partial charge >= 0.3 is 0 Å². The summed E-state index contributed by atoms with van der Waals surface area (Å²) in [4.78, 5) is 0. The van der Waals surface area contributed by atoms with E-state index in [9.17, 15) is 0 Å². The third kappa shape index (κ3) is 3.10. The molecule has 1 rings (SSSR count). The maximum absolute atomic E-state index is 8.72. The molecule has 0 bridgehead atoms.